The average Bonchev–Trinajstić information content (AvgIpc) is 2.35. The van der Waals surface area contributed by atoms with Gasteiger partial charge in [0, 0.05) is 6.04 Å². The Hall–Kier alpha value is -0.770. The number of rotatable bonds is 1. The zero-order chi connectivity index (χ0) is 9.47. The number of carboxylic acid groups (broad SMARTS) is 1. The van der Waals surface area contributed by atoms with Gasteiger partial charge in [0.2, 0.25) is 0 Å². The molecule has 1 amide bonds. The van der Waals surface area contributed by atoms with Crippen molar-refractivity contribution >= 4 is 6.09 Å². The Balaban J connectivity index is 2.28. The molecule has 0 aromatic heterocycles. The summed E-state index contributed by atoms with van der Waals surface area (Å²) >= 11 is 0. The Bertz CT molecular complexity index is 227. The molecule has 0 aromatic rings. The fourth-order valence-electron chi connectivity index (χ4n) is 2.85. The number of hydrogen-bond donors (Lipinski definition) is 2. The third-order valence-electron chi connectivity index (χ3n) is 3.50. The normalized spacial score (nSPS) is 37.9. The summed E-state index contributed by atoms with van der Waals surface area (Å²) in [6.45, 7) is -0.0181. The lowest BCUT2D eigenvalue weighted by Gasteiger charge is -2.41. The van der Waals surface area contributed by atoms with Crippen LogP contribution in [0.25, 0.3) is 0 Å². The van der Waals surface area contributed by atoms with Crippen LogP contribution in [-0.4, -0.2) is 39.4 Å². The van der Waals surface area contributed by atoms with Crippen LogP contribution in [0.1, 0.15) is 32.1 Å². The summed E-state index contributed by atoms with van der Waals surface area (Å²) in [5.41, 5.74) is -0.436. The van der Waals surface area contributed by atoms with Gasteiger partial charge < -0.3 is 10.2 Å². The number of piperidine rings is 1. The molecule has 2 aliphatic heterocycles. The van der Waals surface area contributed by atoms with E-state index in [0.717, 1.165) is 32.1 Å². The highest BCUT2D eigenvalue weighted by molar-refractivity contribution is 5.67. The molecule has 0 radical (unpaired) electrons. The van der Waals surface area contributed by atoms with Crippen LogP contribution in [0.2, 0.25) is 0 Å². The van der Waals surface area contributed by atoms with Crippen molar-refractivity contribution < 1.29 is 15.0 Å². The summed E-state index contributed by atoms with van der Waals surface area (Å²) in [5, 5.41) is 18.3. The van der Waals surface area contributed by atoms with Gasteiger partial charge in [-0.2, -0.15) is 0 Å². The lowest BCUT2D eigenvalue weighted by atomic mass is 9.89. The molecular formula is C9H15NO3. The summed E-state index contributed by atoms with van der Waals surface area (Å²) < 4.78 is 0. The van der Waals surface area contributed by atoms with Crippen LogP contribution in [0, 0.1) is 0 Å². The highest BCUT2D eigenvalue weighted by Crippen LogP contribution is 2.43. The Morgan fingerprint density at radius 3 is 2.77 bits per heavy atom. The number of amides is 1. The third kappa shape index (κ3) is 1.12. The molecule has 13 heavy (non-hydrogen) atoms. The summed E-state index contributed by atoms with van der Waals surface area (Å²) in [6.07, 6.45) is 3.74. The minimum absolute atomic E-state index is 0.0181. The number of carbonyl (C=O) groups is 1. The zero-order valence-electron chi connectivity index (χ0n) is 7.57. The van der Waals surface area contributed by atoms with Crippen LogP contribution in [0.5, 0.6) is 0 Å². The van der Waals surface area contributed by atoms with Gasteiger partial charge in [-0.1, -0.05) is 0 Å². The smallest absolute Gasteiger partial charge is 0.408 e. The predicted octanol–water partition coefficient (Wildman–Crippen LogP) is 1.04. The first-order valence-corrected chi connectivity index (χ1v) is 4.83. The second kappa shape index (κ2) is 2.87. The summed E-state index contributed by atoms with van der Waals surface area (Å²) in [4.78, 5) is 12.5. The van der Waals surface area contributed by atoms with Crippen molar-refractivity contribution in [1.82, 2.24) is 4.90 Å². The molecule has 2 atom stereocenters. The first-order valence-electron chi connectivity index (χ1n) is 4.83. The van der Waals surface area contributed by atoms with Crippen molar-refractivity contribution in [3.05, 3.63) is 0 Å². The van der Waals surface area contributed by atoms with Gasteiger partial charge in [0.15, 0.2) is 0 Å². The van der Waals surface area contributed by atoms with Crippen LogP contribution in [0.15, 0.2) is 0 Å². The average molecular weight is 185 g/mol. The van der Waals surface area contributed by atoms with E-state index in [1.165, 1.54) is 4.90 Å². The molecule has 2 saturated heterocycles. The lowest BCUT2D eigenvalue weighted by Crippen LogP contribution is -2.54. The SMILES string of the molecule is O=C(O)N1C2CCCC1(CO)CC2. The predicted molar refractivity (Wildman–Crippen MR) is 46.6 cm³/mol. The highest BCUT2D eigenvalue weighted by Gasteiger charge is 2.50. The monoisotopic (exact) mass is 185 g/mol. The van der Waals surface area contributed by atoms with Crippen LogP contribution in [-0.2, 0) is 0 Å². The number of aliphatic hydroxyl groups is 1. The number of fused-ring (bicyclic) bond motifs is 2. The van der Waals surface area contributed by atoms with Crippen LogP contribution in [0.3, 0.4) is 0 Å². The molecule has 2 rings (SSSR count). The topological polar surface area (TPSA) is 60.8 Å². The lowest BCUT2D eigenvalue weighted by molar-refractivity contribution is 0.0163. The van der Waals surface area contributed by atoms with E-state index in [1.807, 2.05) is 0 Å². The van der Waals surface area contributed by atoms with E-state index in [1.54, 1.807) is 0 Å². The molecule has 2 heterocycles. The molecule has 0 spiro atoms. The Labute approximate surface area is 77.2 Å². The molecular weight excluding hydrogens is 170 g/mol. The molecule has 4 heteroatoms. The maximum Gasteiger partial charge on any atom is 0.408 e. The standard InChI is InChI=1S/C9H15NO3/c11-6-9-4-1-2-7(3-5-9)10(9)8(12)13/h7,11H,1-6H2,(H,12,13). The maximum atomic E-state index is 11.0. The molecule has 0 aliphatic carbocycles. The molecule has 2 fully saturated rings. The molecule has 4 nitrogen and oxygen atoms in total. The van der Waals surface area contributed by atoms with Gasteiger partial charge in [-0.25, -0.2) is 4.79 Å². The maximum absolute atomic E-state index is 11.0. The summed E-state index contributed by atoms with van der Waals surface area (Å²) in [7, 11) is 0. The first kappa shape index (κ1) is 8.81. The quantitative estimate of drug-likeness (QED) is 0.641. The Morgan fingerprint density at radius 1 is 1.46 bits per heavy atom. The van der Waals surface area contributed by atoms with Gasteiger partial charge in [-0.05, 0) is 32.1 Å². The fourth-order valence-corrected chi connectivity index (χ4v) is 2.85. The molecule has 0 saturated carbocycles. The fraction of sp³-hybridized carbons (Fsp3) is 0.889. The summed E-state index contributed by atoms with van der Waals surface area (Å²) in [5.74, 6) is 0. The zero-order valence-corrected chi connectivity index (χ0v) is 7.57. The second-order valence-corrected chi connectivity index (χ2v) is 4.12. The van der Waals surface area contributed by atoms with Gasteiger partial charge in [-0.15, -0.1) is 0 Å². The van der Waals surface area contributed by atoms with Crippen molar-refractivity contribution in [1.29, 1.82) is 0 Å². The van der Waals surface area contributed by atoms with E-state index < -0.39 is 11.6 Å². The van der Waals surface area contributed by atoms with E-state index in [0.29, 0.717) is 0 Å². The summed E-state index contributed by atoms with van der Waals surface area (Å²) in [6, 6.07) is 0.165. The third-order valence-corrected chi connectivity index (χ3v) is 3.50. The van der Waals surface area contributed by atoms with Gasteiger partial charge in [0.05, 0.1) is 12.1 Å². The van der Waals surface area contributed by atoms with E-state index in [-0.39, 0.29) is 12.6 Å². The first-order chi connectivity index (χ1) is 6.19. The van der Waals surface area contributed by atoms with Gasteiger partial charge in [0.25, 0.3) is 0 Å². The van der Waals surface area contributed by atoms with Crippen LogP contribution in [0.4, 0.5) is 4.79 Å². The van der Waals surface area contributed by atoms with Crippen molar-refractivity contribution in [2.24, 2.45) is 0 Å². The molecule has 0 aromatic carbocycles. The van der Waals surface area contributed by atoms with Crippen molar-refractivity contribution in [2.45, 2.75) is 43.7 Å². The Kier molecular flexibility index (Phi) is 1.95. The molecule has 2 aliphatic rings. The number of aliphatic hydroxyl groups excluding tert-OH is 1. The minimum atomic E-state index is -0.865. The van der Waals surface area contributed by atoms with Gasteiger partial charge in [0.1, 0.15) is 0 Å². The van der Waals surface area contributed by atoms with Crippen molar-refractivity contribution in [3.63, 3.8) is 0 Å². The van der Waals surface area contributed by atoms with E-state index >= 15 is 0 Å². The Morgan fingerprint density at radius 2 is 2.23 bits per heavy atom. The largest absolute Gasteiger partial charge is 0.465 e. The van der Waals surface area contributed by atoms with Crippen LogP contribution >= 0.6 is 0 Å². The highest BCUT2D eigenvalue weighted by atomic mass is 16.4. The number of nitrogens with zero attached hydrogens (tertiary/aromatic N) is 1. The molecule has 2 N–H and O–H groups in total. The van der Waals surface area contributed by atoms with E-state index in [4.69, 9.17) is 5.11 Å². The van der Waals surface area contributed by atoms with E-state index in [2.05, 4.69) is 0 Å². The minimum Gasteiger partial charge on any atom is -0.465 e. The molecule has 2 unspecified atom stereocenters. The van der Waals surface area contributed by atoms with Crippen LogP contribution < -0.4 is 0 Å². The molecule has 2 bridgehead atoms. The van der Waals surface area contributed by atoms with E-state index in [9.17, 15) is 9.90 Å². The van der Waals surface area contributed by atoms with Gasteiger partial charge in [-0.3, -0.25) is 4.90 Å². The van der Waals surface area contributed by atoms with Gasteiger partial charge >= 0.3 is 6.09 Å². The molecule has 74 valence electrons. The second-order valence-electron chi connectivity index (χ2n) is 4.12. The van der Waals surface area contributed by atoms with Crippen molar-refractivity contribution in [2.75, 3.05) is 6.61 Å². The number of hydrogen-bond acceptors (Lipinski definition) is 2. The van der Waals surface area contributed by atoms with Crippen molar-refractivity contribution in [3.8, 4) is 0 Å².